The van der Waals surface area contributed by atoms with E-state index in [1.54, 1.807) is 18.2 Å². The number of anilines is 1. The van der Waals surface area contributed by atoms with Gasteiger partial charge in [0, 0.05) is 18.5 Å². The van der Waals surface area contributed by atoms with Crippen molar-refractivity contribution in [1.82, 2.24) is 20.2 Å². The third-order valence-electron chi connectivity index (χ3n) is 2.87. The predicted molar refractivity (Wildman–Crippen MR) is 72.6 cm³/mol. The summed E-state index contributed by atoms with van der Waals surface area (Å²) in [5, 5.41) is 11.6. The maximum Gasteiger partial charge on any atom is 0.389 e. The summed E-state index contributed by atoms with van der Waals surface area (Å²) < 4.78 is 37.7. The van der Waals surface area contributed by atoms with Gasteiger partial charge < -0.3 is 5.73 Å². The topological polar surface area (TPSA) is 69.6 Å². The second kappa shape index (κ2) is 6.30. The molecule has 2 aromatic rings. The van der Waals surface area contributed by atoms with E-state index in [1.165, 1.54) is 4.68 Å². The van der Waals surface area contributed by atoms with Crippen LogP contribution >= 0.6 is 11.6 Å². The van der Waals surface area contributed by atoms with Crippen LogP contribution in [-0.2, 0) is 6.54 Å². The van der Waals surface area contributed by atoms with Crippen molar-refractivity contribution in [2.24, 2.45) is 0 Å². The molecule has 114 valence electrons. The molecule has 9 heteroatoms. The molecule has 0 atom stereocenters. The van der Waals surface area contributed by atoms with E-state index < -0.39 is 12.6 Å². The number of tetrazole rings is 1. The van der Waals surface area contributed by atoms with Gasteiger partial charge in [0.25, 0.3) is 0 Å². The van der Waals surface area contributed by atoms with Crippen molar-refractivity contribution in [3.63, 3.8) is 0 Å². The number of aromatic nitrogens is 4. The maximum atomic E-state index is 12.1. The number of nitrogen functional groups attached to an aromatic ring is 1. The summed E-state index contributed by atoms with van der Waals surface area (Å²) >= 11 is 5.84. The molecule has 0 amide bonds. The highest BCUT2D eigenvalue weighted by molar-refractivity contribution is 6.33. The van der Waals surface area contributed by atoms with Gasteiger partial charge in [-0.05, 0) is 41.5 Å². The highest BCUT2D eigenvalue weighted by Crippen LogP contribution is 2.26. The molecule has 0 fully saturated rings. The van der Waals surface area contributed by atoms with Gasteiger partial charge in [0.05, 0.1) is 10.7 Å². The number of rotatable bonds is 5. The first-order valence-corrected chi connectivity index (χ1v) is 6.63. The van der Waals surface area contributed by atoms with Gasteiger partial charge in [-0.25, -0.2) is 4.68 Å². The fraction of sp³-hybridized carbons (Fsp3) is 0.417. The van der Waals surface area contributed by atoms with E-state index in [1.807, 2.05) is 0 Å². The summed E-state index contributed by atoms with van der Waals surface area (Å²) in [5.41, 5.74) is 6.77. The predicted octanol–water partition coefficient (Wildman–Crippen LogP) is 3.31. The first kappa shape index (κ1) is 15.6. The fourth-order valence-electron chi connectivity index (χ4n) is 1.83. The van der Waals surface area contributed by atoms with Gasteiger partial charge >= 0.3 is 6.18 Å². The van der Waals surface area contributed by atoms with Crippen molar-refractivity contribution in [1.29, 1.82) is 0 Å². The van der Waals surface area contributed by atoms with Crippen LogP contribution < -0.4 is 5.73 Å². The van der Waals surface area contributed by atoms with E-state index in [4.69, 9.17) is 17.3 Å². The molecule has 0 bridgehead atoms. The molecular weight excluding hydrogens is 307 g/mol. The maximum absolute atomic E-state index is 12.1. The lowest BCUT2D eigenvalue weighted by molar-refractivity contribution is -0.135. The highest BCUT2D eigenvalue weighted by atomic mass is 35.5. The second-order valence-electron chi connectivity index (χ2n) is 4.53. The van der Waals surface area contributed by atoms with Gasteiger partial charge in [0.2, 0.25) is 0 Å². The third kappa shape index (κ3) is 4.32. The number of hydrogen-bond acceptors (Lipinski definition) is 4. The largest absolute Gasteiger partial charge is 0.398 e. The molecule has 1 aromatic carbocycles. The molecule has 0 aliphatic carbocycles. The van der Waals surface area contributed by atoms with Gasteiger partial charge in [0.1, 0.15) is 0 Å². The van der Waals surface area contributed by atoms with Crippen molar-refractivity contribution >= 4 is 17.3 Å². The summed E-state index contributed by atoms with van der Waals surface area (Å²) in [5.74, 6) is 0.449. The lowest BCUT2D eigenvalue weighted by Crippen LogP contribution is -2.08. The van der Waals surface area contributed by atoms with Crippen molar-refractivity contribution in [2.75, 3.05) is 5.73 Å². The minimum absolute atomic E-state index is 0.0333. The average molecular weight is 320 g/mol. The molecule has 0 unspecified atom stereocenters. The zero-order chi connectivity index (χ0) is 15.5. The number of benzene rings is 1. The van der Waals surface area contributed by atoms with Gasteiger partial charge in [-0.1, -0.05) is 11.6 Å². The fourth-order valence-corrected chi connectivity index (χ4v) is 1.95. The molecule has 1 heterocycles. The van der Waals surface area contributed by atoms with Crippen molar-refractivity contribution < 1.29 is 13.2 Å². The Morgan fingerprint density at radius 3 is 2.67 bits per heavy atom. The monoisotopic (exact) mass is 319 g/mol. The van der Waals surface area contributed by atoms with Crippen molar-refractivity contribution in [3.05, 3.63) is 23.2 Å². The van der Waals surface area contributed by atoms with Crippen LogP contribution in [0.5, 0.6) is 0 Å². The van der Waals surface area contributed by atoms with E-state index in [-0.39, 0.29) is 6.42 Å². The molecular formula is C12H13ClF3N5. The number of hydrogen-bond donors (Lipinski definition) is 1. The summed E-state index contributed by atoms with van der Waals surface area (Å²) in [6, 6.07) is 4.95. The van der Waals surface area contributed by atoms with Crippen molar-refractivity contribution in [2.45, 2.75) is 32.0 Å². The number of aryl methyl sites for hydroxylation is 1. The van der Waals surface area contributed by atoms with Gasteiger partial charge in [-0.2, -0.15) is 13.2 Å². The molecule has 0 saturated heterocycles. The van der Waals surface area contributed by atoms with Crippen LogP contribution in [0.3, 0.4) is 0 Å². The first-order chi connectivity index (χ1) is 9.87. The lowest BCUT2D eigenvalue weighted by Gasteiger charge is -2.07. The van der Waals surface area contributed by atoms with Crippen LogP contribution in [-0.4, -0.2) is 26.4 Å². The van der Waals surface area contributed by atoms with E-state index in [0.29, 0.717) is 35.1 Å². The summed E-state index contributed by atoms with van der Waals surface area (Å²) in [7, 11) is 0. The molecule has 2 rings (SSSR count). The zero-order valence-corrected chi connectivity index (χ0v) is 11.7. The molecule has 0 radical (unpaired) electrons. The standard InChI is InChI=1S/C12H13ClF3N5/c13-9-4-3-8(7-10(9)17)11-18-19-20-21(11)6-2-1-5-12(14,15)16/h3-4,7H,1-2,5-6,17H2. The molecule has 0 aliphatic heterocycles. The normalized spacial score (nSPS) is 11.8. The number of nitrogens with two attached hydrogens (primary N) is 1. The summed E-state index contributed by atoms with van der Waals surface area (Å²) in [6.07, 6.45) is -4.57. The molecule has 0 spiro atoms. The zero-order valence-electron chi connectivity index (χ0n) is 10.9. The Bertz CT molecular complexity index is 611. The number of nitrogens with zero attached hydrogens (tertiary/aromatic N) is 4. The molecule has 0 aliphatic rings. The van der Waals surface area contributed by atoms with Crippen LogP contribution in [0.1, 0.15) is 19.3 Å². The Kier molecular flexibility index (Phi) is 4.66. The Balaban J connectivity index is 2.03. The number of halogens is 4. The average Bonchev–Trinajstić information content (AvgIpc) is 2.85. The van der Waals surface area contributed by atoms with E-state index >= 15 is 0 Å². The summed E-state index contributed by atoms with van der Waals surface area (Å²) in [6.45, 7) is 0.306. The Morgan fingerprint density at radius 2 is 2.00 bits per heavy atom. The van der Waals surface area contributed by atoms with Crippen LogP contribution in [0.25, 0.3) is 11.4 Å². The second-order valence-corrected chi connectivity index (χ2v) is 4.94. The smallest absolute Gasteiger partial charge is 0.389 e. The Labute approximate surface area is 123 Å². The van der Waals surface area contributed by atoms with Gasteiger partial charge in [-0.3, -0.25) is 0 Å². The van der Waals surface area contributed by atoms with Crippen LogP contribution in [0.4, 0.5) is 18.9 Å². The van der Waals surface area contributed by atoms with Gasteiger partial charge in [0.15, 0.2) is 5.82 Å². The van der Waals surface area contributed by atoms with E-state index in [9.17, 15) is 13.2 Å². The number of unbranched alkanes of at least 4 members (excludes halogenated alkanes) is 1. The quantitative estimate of drug-likeness (QED) is 0.678. The Hall–Kier alpha value is -1.83. The van der Waals surface area contributed by atoms with Crippen LogP contribution in [0.15, 0.2) is 18.2 Å². The number of alkyl halides is 3. The van der Waals surface area contributed by atoms with Gasteiger partial charge in [-0.15, -0.1) is 5.10 Å². The Morgan fingerprint density at radius 1 is 1.24 bits per heavy atom. The molecule has 2 N–H and O–H groups in total. The highest BCUT2D eigenvalue weighted by Gasteiger charge is 2.25. The summed E-state index contributed by atoms with van der Waals surface area (Å²) in [4.78, 5) is 0. The van der Waals surface area contributed by atoms with Crippen LogP contribution in [0.2, 0.25) is 5.02 Å². The SMILES string of the molecule is Nc1cc(-c2nnnn2CCCCC(F)(F)F)ccc1Cl. The minimum atomic E-state index is -4.13. The van der Waals surface area contributed by atoms with E-state index in [2.05, 4.69) is 15.5 Å². The third-order valence-corrected chi connectivity index (χ3v) is 3.21. The molecule has 0 saturated carbocycles. The molecule has 21 heavy (non-hydrogen) atoms. The van der Waals surface area contributed by atoms with Crippen LogP contribution in [0, 0.1) is 0 Å². The van der Waals surface area contributed by atoms with E-state index in [0.717, 1.165) is 0 Å². The lowest BCUT2D eigenvalue weighted by atomic mass is 10.2. The first-order valence-electron chi connectivity index (χ1n) is 6.25. The van der Waals surface area contributed by atoms with Crippen molar-refractivity contribution in [3.8, 4) is 11.4 Å². The molecule has 5 nitrogen and oxygen atoms in total. The molecule has 1 aromatic heterocycles. The minimum Gasteiger partial charge on any atom is -0.398 e.